The van der Waals surface area contributed by atoms with E-state index in [1.165, 1.54) is 13.2 Å². The molecule has 0 aliphatic heterocycles. The van der Waals surface area contributed by atoms with Crippen molar-refractivity contribution in [2.75, 3.05) is 19.0 Å². The van der Waals surface area contributed by atoms with Gasteiger partial charge in [-0.25, -0.2) is 4.79 Å². The van der Waals surface area contributed by atoms with Gasteiger partial charge in [0, 0.05) is 0 Å². The van der Waals surface area contributed by atoms with Gasteiger partial charge in [-0.2, -0.15) is 0 Å². The molecule has 2 rings (SSSR count). The van der Waals surface area contributed by atoms with Gasteiger partial charge in [0.05, 0.1) is 30.0 Å². The van der Waals surface area contributed by atoms with Gasteiger partial charge in [-0.15, -0.1) is 0 Å². The number of anilines is 1. The second kappa shape index (κ2) is 8.31. The zero-order valence-corrected chi connectivity index (χ0v) is 13.3. The minimum atomic E-state index is -0.563. The summed E-state index contributed by atoms with van der Waals surface area (Å²) in [4.78, 5) is 23.5. The summed E-state index contributed by atoms with van der Waals surface area (Å²) >= 11 is 6.10. The number of methoxy groups -OCH3 is 1. The van der Waals surface area contributed by atoms with E-state index in [-0.39, 0.29) is 23.1 Å². The molecule has 0 aromatic heterocycles. The maximum Gasteiger partial charge on any atom is 0.339 e. The zero-order valence-electron chi connectivity index (χ0n) is 12.5. The van der Waals surface area contributed by atoms with Gasteiger partial charge in [0.25, 0.3) is 0 Å². The van der Waals surface area contributed by atoms with E-state index in [4.69, 9.17) is 16.3 Å². The normalized spacial score (nSPS) is 10.2. The lowest BCUT2D eigenvalue weighted by Crippen LogP contribution is -2.19. The SMILES string of the molecule is COC(=O)c1cccc(NC(=O)COCc2ccccc2)c1Cl. The molecule has 1 amide bonds. The summed E-state index contributed by atoms with van der Waals surface area (Å²) in [6.07, 6.45) is 0. The van der Waals surface area contributed by atoms with Crippen LogP contribution in [0.15, 0.2) is 48.5 Å². The van der Waals surface area contributed by atoms with Gasteiger partial charge in [-0.3, -0.25) is 4.79 Å². The fraction of sp³-hybridized carbons (Fsp3) is 0.176. The number of amides is 1. The predicted octanol–water partition coefficient (Wildman–Crippen LogP) is 3.28. The molecule has 0 aliphatic carbocycles. The van der Waals surface area contributed by atoms with Crippen LogP contribution in [-0.4, -0.2) is 25.6 Å². The topological polar surface area (TPSA) is 64.6 Å². The molecule has 0 aliphatic rings. The van der Waals surface area contributed by atoms with Gasteiger partial charge in [0.15, 0.2) is 0 Å². The Balaban J connectivity index is 1.91. The van der Waals surface area contributed by atoms with Crippen LogP contribution in [-0.2, 0) is 20.9 Å². The third-order valence-electron chi connectivity index (χ3n) is 3.02. The average Bonchev–Trinajstić information content (AvgIpc) is 2.57. The van der Waals surface area contributed by atoms with E-state index < -0.39 is 5.97 Å². The number of benzene rings is 2. The smallest absolute Gasteiger partial charge is 0.339 e. The molecule has 1 N–H and O–H groups in total. The Bertz CT molecular complexity index is 688. The van der Waals surface area contributed by atoms with E-state index in [2.05, 4.69) is 10.1 Å². The molecule has 0 atom stereocenters. The first-order chi connectivity index (χ1) is 11.1. The molecule has 0 radical (unpaired) electrons. The lowest BCUT2D eigenvalue weighted by Gasteiger charge is -2.10. The minimum absolute atomic E-state index is 0.117. The number of carbonyl (C=O) groups is 2. The number of nitrogens with one attached hydrogen (secondary N) is 1. The van der Waals surface area contributed by atoms with Crippen LogP contribution in [0.2, 0.25) is 5.02 Å². The van der Waals surface area contributed by atoms with E-state index in [1.54, 1.807) is 12.1 Å². The lowest BCUT2D eigenvalue weighted by molar-refractivity contribution is -0.121. The molecule has 5 nitrogen and oxygen atoms in total. The van der Waals surface area contributed by atoms with E-state index in [0.29, 0.717) is 12.3 Å². The van der Waals surface area contributed by atoms with Gasteiger partial charge in [-0.05, 0) is 17.7 Å². The standard InChI is InChI=1S/C17H16ClNO4/c1-22-17(21)13-8-5-9-14(16(13)18)19-15(20)11-23-10-12-6-3-2-4-7-12/h2-9H,10-11H2,1H3,(H,19,20). The molecule has 0 saturated carbocycles. The van der Waals surface area contributed by atoms with Crippen molar-refractivity contribution < 1.29 is 19.1 Å². The Morgan fingerprint density at radius 1 is 1.09 bits per heavy atom. The molecule has 2 aromatic carbocycles. The molecule has 0 heterocycles. The average molecular weight is 334 g/mol. The summed E-state index contributed by atoms with van der Waals surface area (Å²) in [5.41, 5.74) is 1.51. The van der Waals surface area contributed by atoms with E-state index in [0.717, 1.165) is 5.56 Å². The molecular weight excluding hydrogens is 318 g/mol. The van der Waals surface area contributed by atoms with E-state index >= 15 is 0 Å². The summed E-state index contributed by atoms with van der Waals surface area (Å²) in [6, 6.07) is 14.3. The van der Waals surface area contributed by atoms with Gasteiger partial charge >= 0.3 is 5.97 Å². The van der Waals surface area contributed by atoms with Crippen molar-refractivity contribution >= 4 is 29.2 Å². The summed E-state index contributed by atoms with van der Waals surface area (Å²) in [5, 5.41) is 2.75. The largest absolute Gasteiger partial charge is 0.465 e. The molecule has 0 spiro atoms. The van der Waals surface area contributed by atoms with Crippen molar-refractivity contribution in [3.63, 3.8) is 0 Å². The number of hydrogen-bond acceptors (Lipinski definition) is 4. The number of esters is 1. The second-order valence-corrected chi connectivity index (χ2v) is 5.06. The van der Waals surface area contributed by atoms with Crippen molar-refractivity contribution in [2.45, 2.75) is 6.61 Å². The summed E-state index contributed by atoms with van der Waals surface area (Å²) in [7, 11) is 1.27. The van der Waals surface area contributed by atoms with E-state index in [9.17, 15) is 9.59 Å². The molecular formula is C17H16ClNO4. The summed E-state index contributed by atoms with van der Waals surface area (Å²) in [5.74, 6) is -0.920. The third-order valence-corrected chi connectivity index (χ3v) is 3.43. The Kier molecular flexibility index (Phi) is 6.14. The first-order valence-corrected chi connectivity index (χ1v) is 7.28. The minimum Gasteiger partial charge on any atom is -0.465 e. The van der Waals surface area contributed by atoms with Gasteiger partial charge in [-0.1, -0.05) is 48.0 Å². The van der Waals surface area contributed by atoms with Crippen LogP contribution >= 0.6 is 11.6 Å². The van der Waals surface area contributed by atoms with Crippen molar-refractivity contribution in [1.29, 1.82) is 0 Å². The van der Waals surface area contributed by atoms with Crippen LogP contribution in [0.3, 0.4) is 0 Å². The maximum absolute atomic E-state index is 11.9. The molecule has 0 saturated heterocycles. The van der Waals surface area contributed by atoms with Gasteiger partial charge in [0.2, 0.25) is 5.91 Å². The van der Waals surface area contributed by atoms with Crippen molar-refractivity contribution in [1.82, 2.24) is 0 Å². The zero-order chi connectivity index (χ0) is 16.7. The third kappa shape index (κ3) is 4.81. The number of halogens is 1. The molecule has 2 aromatic rings. The second-order valence-electron chi connectivity index (χ2n) is 4.69. The Hall–Kier alpha value is -2.37. The first-order valence-electron chi connectivity index (χ1n) is 6.90. The highest BCUT2D eigenvalue weighted by Crippen LogP contribution is 2.26. The number of rotatable bonds is 6. The first kappa shape index (κ1) is 17.0. The Labute approximate surface area is 139 Å². The fourth-order valence-corrected chi connectivity index (χ4v) is 2.17. The van der Waals surface area contributed by atoms with Crippen LogP contribution < -0.4 is 5.32 Å². The Morgan fingerprint density at radius 2 is 1.83 bits per heavy atom. The van der Waals surface area contributed by atoms with Crippen molar-refractivity contribution in [2.24, 2.45) is 0 Å². The monoisotopic (exact) mass is 333 g/mol. The van der Waals surface area contributed by atoms with Crippen molar-refractivity contribution in [3.05, 3.63) is 64.7 Å². The highest BCUT2D eigenvalue weighted by atomic mass is 35.5. The van der Waals surface area contributed by atoms with Gasteiger partial charge in [0.1, 0.15) is 6.61 Å². The van der Waals surface area contributed by atoms with Crippen LogP contribution in [0.25, 0.3) is 0 Å². The molecule has 0 fully saturated rings. The highest BCUT2D eigenvalue weighted by Gasteiger charge is 2.15. The molecule has 0 bridgehead atoms. The Morgan fingerprint density at radius 3 is 2.52 bits per heavy atom. The van der Waals surface area contributed by atoms with Crippen LogP contribution in [0, 0.1) is 0 Å². The van der Waals surface area contributed by atoms with Crippen molar-refractivity contribution in [3.8, 4) is 0 Å². The van der Waals surface area contributed by atoms with Gasteiger partial charge < -0.3 is 14.8 Å². The van der Waals surface area contributed by atoms with Crippen LogP contribution in [0.4, 0.5) is 5.69 Å². The van der Waals surface area contributed by atoms with Crippen LogP contribution in [0.1, 0.15) is 15.9 Å². The van der Waals surface area contributed by atoms with Crippen LogP contribution in [0.5, 0.6) is 0 Å². The quantitative estimate of drug-likeness (QED) is 0.824. The highest BCUT2D eigenvalue weighted by molar-refractivity contribution is 6.36. The number of ether oxygens (including phenoxy) is 2. The lowest BCUT2D eigenvalue weighted by atomic mass is 10.2. The fourth-order valence-electron chi connectivity index (χ4n) is 1.92. The summed E-state index contributed by atoms with van der Waals surface area (Å²) < 4.78 is 9.98. The molecule has 120 valence electrons. The number of hydrogen-bond donors (Lipinski definition) is 1. The molecule has 6 heteroatoms. The number of carbonyl (C=O) groups excluding carboxylic acids is 2. The summed E-state index contributed by atoms with van der Waals surface area (Å²) in [6.45, 7) is 0.220. The maximum atomic E-state index is 11.9. The molecule has 0 unspecified atom stereocenters. The molecule has 23 heavy (non-hydrogen) atoms. The predicted molar refractivity (Wildman–Crippen MR) is 87.5 cm³/mol. The van der Waals surface area contributed by atoms with E-state index in [1.807, 2.05) is 30.3 Å².